The second kappa shape index (κ2) is 6.72. The number of nitrogens with one attached hydrogen (secondary N) is 1. The average molecular weight is 242 g/mol. The minimum absolute atomic E-state index is 0.507. The molecule has 0 aromatic carbocycles. The minimum atomic E-state index is -0.507. The molecule has 0 amide bonds. The summed E-state index contributed by atoms with van der Waals surface area (Å²) in [7, 11) is 2.20. The standard InChI is InChI=1S/C14H30N2O/c1-12(6-5-9-14(2,3)17)15-13-7-10-16(4)11-8-13/h12-13,15,17H,5-11H2,1-4H3/t12-/m0/s1. The quantitative estimate of drug-likeness (QED) is 0.748. The molecule has 102 valence electrons. The molecule has 1 aliphatic heterocycles. The third-order valence-corrected chi connectivity index (χ3v) is 3.66. The summed E-state index contributed by atoms with van der Waals surface area (Å²) in [6.45, 7) is 8.48. The molecule has 1 rings (SSSR count). The third kappa shape index (κ3) is 7.02. The number of piperidine rings is 1. The molecule has 0 aromatic rings. The molecule has 3 heteroatoms. The zero-order chi connectivity index (χ0) is 12.9. The number of hydrogen-bond donors (Lipinski definition) is 2. The fourth-order valence-electron chi connectivity index (χ4n) is 2.50. The topological polar surface area (TPSA) is 35.5 Å². The number of nitrogens with zero attached hydrogens (tertiary/aromatic N) is 1. The molecule has 1 atom stereocenters. The van der Waals surface area contributed by atoms with E-state index in [0.717, 1.165) is 19.3 Å². The van der Waals surface area contributed by atoms with E-state index in [0.29, 0.717) is 12.1 Å². The highest BCUT2D eigenvalue weighted by Gasteiger charge is 2.18. The molecule has 0 spiro atoms. The van der Waals surface area contributed by atoms with Gasteiger partial charge in [-0.3, -0.25) is 0 Å². The maximum Gasteiger partial charge on any atom is 0.0591 e. The molecule has 1 saturated heterocycles. The Hall–Kier alpha value is -0.120. The van der Waals surface area contributed by atoms with Crippen LogP contribution in [0.2, 0.25) is 0 Å². The molecule has 3 nitrogen and oxygen atoms in total. The summed E-state index contributed by atoms with van der Waals surface area (Å²) in [4.78, 5) is 2.40. The summed E-state index contributed by atoms with van der Waals surface area (Å²) in [5.74, 6) is 0. The van der Waals surface area contributed by atoms with Crippen LogP contribution in [0.3, 0.4) is 0 Å². The first-order valence-corrected chi connectivity index (χ1v) is 7.04. The van der Waals surface area contributed by atoms with Crippen molar-refractivity contribution in [2.75, 3.05) is 20.1 Å². The molecule has 1 fully saturated rings. The molecule has 1 aliphatic rings. The van der Waals surface area contributed by atoms with Crippen molar-refractivity contribution in [2.45, 2.75) is 70.6 Å². The van der Waals surface area contributed by atoms with Crippen LogP contribution in [0.1, 0.15) is 52.9 Å². The lowest BCUT2D eigenvalue weighted by Gasteiger charge is -2.31. The number of rotatable bonds is 6. The predicted molar refractivity (Wildman–Crippen MR) is 73.3 cm³/mol. The van der Waals surface area contributed by atoms with Gasteiger partial charge in [0, 0.05) is 12.1 Å². The Labute approximate surface area is 107 Å². The van der Waals surface area contributed by atoms with E-state index >= 15 is 0 Å². The van der Waals surface area contributed by atoms with Gasteiger partial charge in [-0.05, 0) is 73.0 Å². The molecule has 17 heavy (non-hydrogen) atoms. The summed E-state index contributed by atoms with van der Waals surface area (Å²) in [5, 5.41) is 13.4. The van der Waals surface area contributed by atoms with Gasteiger partial charge in [0.1, 0.15) is 0 Å². The Kier molecular flexibility index (Phi) is 5.90. The van der Waals surface area contributed by atoms with Gasteiger partial charge < -0.3 is 15.3 Å². The first-order valence-electron chi connectivity index (χ1n) is 7.04. The van der Waals surface area contributed by atoms with Crippen LogP contribution in [0.5, 0.6) is 0 Å². The van der Waals surface area contributed by atoms with Crippen molar-refractivity contribution in [3.8, 4) is 0 Å². The SMILES string of the molecule is C[C@@H](CCCC(C)(C)O)NC1CCN(C)CC1. The number of likely N-dealkylation sites (tertiary alicyclic amines) is 1. The Balaban J connectivity index is 2.10. The van der Waals surface area contributed by atoms with Gasteiger partial charge in [0.25, 0.3) is 0 Å². The van der Waals surface area contributed by atoms with Gasteiger partial charge in [-0.1, -0.05) is 0 Å². The lowest BCUT2D eigenvalue weighted by Crippen LogP contribution is -2.44. The van der Waals surface area contributed by atoms with Gasteiger partial charge in [0.15, 0.2) is 0 Å². The van der Waals surface area contributed by atoms with Crippen molar-refractivity contribution < 1.29 is 5.11 Å². The Morgan fingerprint density at radius 3 is 2.47 bits per heavy atom. The van der Waals surface area contributed by atoms with Crippen molar-refractivity contribution in [3.63, 3.8) is 0 Å². The largest absolute Gasteiger partial charge is 0.390 e. The monoisotopic (exact) mass is 242 g/mol. The van der Waals surface area contributed by atoms with Crippen LogP contribution in [-0.4, -0.2) is 47.8 Å². The highest BCUT2D eigenvalue weighted by molar-refractivity contribution is 4.78. The zero-order valence-corrected chi connectivity index (χ0v) is 12.0. The van der Waals surface area contributed by atoms with E-state index in [9.17, 15) is 5.11 Å². The van der Waals surface area contributed by atoms with Crippen LogP contribution < -0.4 is 5.32 Å². The lowest BCUT2D eigenvalue weighted by atomic mass is 9.98. The van der Waals surface area contributed by atoms with E-state index in [-0.39, 0.29) is 0 Å². The molecule has 0 bridgehead atoms. The molecule has 0 saturated carbocycles. The fourth-order valence-corrected chi connectivity index (χ4v) is 2.50. The highest BCUT2D eigenvalue weighted by atomic mass is 16.3. The molecule has 0 aliphatic carbocycles. The summed E-state index contributed by atoms with van der Waals surface area (Å²) >= 11 is 0. The average Bonchev–Trinajstić information content (AvgIpc) is 2.19. The predicted octanol–water partition coefficient (Wildman–Crippen LogP) is 2.00. The van der Waals surface area contributed by atoms with Crippen molar-refractivity contribution in [1.29, 1.82) is 0 Å². The summed E-state index contributed by atoms with van der Waals surface area (Å²) in [6.07, 6.45) is 5.70. The molecule has 2 N–H and O–H groups in total. The normalized spacial score (nSPS) is 21.7. The number of hydrogen-bond acceptors (Lipinski definition) is 3. The van der Waals surface area contributed by atoms with Gasteiger partial charge in [0.05, 0.1) is 5.60 Å². The second-order valence-corrected chi connectivity index (χ2v) is 6.35. The van der Waals surface area contributed by atoms with E-state index < -0.39 is 5.60 Å². The van der Waals surface area contributed by atoms with E-state index in [1.165, 1.54) is 25.9 Å². The Morgan fingerprint density at radius 2 is 1.94 bits per heavy atom. The van der Waals surface area contributed by atoms with E-state index in [4.69, 9.17) is 0 Å². The first kappa shape index (κ1) is 14.9. The molecule has 0 radical (unpaired) electrons. The van der Waals surface area contributed by atoms with Crippen molar-refractivity contribution in [3.05, 3.63) is 0 Å². The maximum atomic E-state index is 9.66. The van der Waals surface area contributed by atoms with Crippen molar-refractivity contribution >= 4 is 0 Å². The molecular weight excluding hydrogens is 212 g/mol. The van der Waals surface area contributed by atoms with Gasteiger partial charge >= 0.3 is 0 Å². The van der Waals surface area contributed by atoms with Crippen molar-refractivity contribution in [2.24, 2.45) is 0 Å². The first-order chi connectivity index (χ1) is 7.87. The van der Waals surface area contributed by atoms with Crippen LogP contribution in [0.15, 0.2) is 0 Å². The molecule has 1 heterocycles. The molecule has 0 unspecified atom stereocenters. The van der Waals surface area contributed by atoms with Gasteiger partial charge in [-0.25, -0.2) is 0 Å². The fraction of sp³-hybridized carbons (Fsp3) is 1.00. The Morgan fingerprint density at radius 1 is 1.35 bits per heavy atom. The third-order valence-electron chi connectivity index (χ3n) is 3.66. The smallest absolute Gasteiger partial charge is 0.0591 e. The minimum Gasteiger partial charge on any atom is -0.390 e. The van der Waals surface area contributed by atoms with E-state index in [1.54, 1.807) is 0 Å². The highest BCUT2D eigenvalue weighted by Crippen LogP contribution is 2.15. The molecule has 0 aromatic heterocycles. The van der Waals surface area contributed by atoms with Crippen LogP contribution in [0, 0.1) is 0 Å². The summed E-state index contributed by atoms with van der Waals surface area (Å²) in [6, 6.07) is 1.27. The van der Waals surface area contributed by atoms with Gasteiger partial charge in [0.2, 0.25) is 0 Å². The number of aliphatic hydroxyl groups is 1. The van der Waals surface area contributed by atoms with Crippen LogP contribution in [-0.2, 0) is 0 Å². The van der Waals surface area contributed by atoms with Gasteiger partial charge in [-0.15, -0.1) is 0 Å². The van der Waals surface area contributed by atoms with Crippen LogP contribution in [0.25, 0.3) is 0 Å². The van der Waals surface area contributed by atoms with E-state index in [2.05, 4.69) is 24.2 Å². The van der Waals surface area contributed by atoms with Crippen LogP contribution >= 0.6 is 0 Å². The maximum absolute atomic E-state index is 9.66. The second-order valence-electron chi connectivity index (χ2n) is 6.35. The van der Waals surface area contributed by atoms with Gasteiger partial charge in [-0.2, -0.15) is 0 Å². The van der Waals surface area contributed by atoms with E-state index in [1.807, 2.05) is 13.8 Å². The van der Waals surface area contributed by atoms with Crippen molar-refractivity contribution in [1.82, 2.24) is 10.2 Å². The zero-order valence-electron chi connectivity index (χ0n) is 12.0. The van der Waals surface area contributed by atoms with Crippen LogP contribution in [0.4, 0.5) is 0 Å². The summed E-state index contributed by atoms with van der Waals surface area (Å²) in [5.41, 5.74) is -0.507. The summed E-state index contributed by atoms with van der Waals surface area (Å²) < 4.78 is 0. The Bertz CT molecular complexity index is 205. The molecular formula is C14H30N2O. The lowest BCUT2D eigenvalue weighted by molar-refractivity contribution is 0.0673.